The summed E-state index contributed by atoms with van der Waals surface area (Å²) >= 11 is 1.31. The van der Waals surface area contributed by atoms with Gasteiger partial charge in [-0.1, -0.05) is 23.9 Å². The second-order valence-electron chi connectivity index (χ2n) is 5.00. The molecule has 0 N–H and O–H groups in total. The van der Waals surface area contributed by atoms with Gasteiger partial charge in [-0.05, 0) is 23.6 Å². The first kappa shape index (κ1) is 14.9. The SMILES string of the molecule is COc1ccc(CN2CC(CSC(C)=O)CC2=O)cc1. The molecule has 20 heavy (non-hydrogen) atoms. The van der Waals surface area contributed by atoms with Crippen LogP contribution in [-0.2, 0) is 16.1 Å². The average molecular weight is 293 g/mol. The van der Waals surface area contributed by atoms with Crippen molar-refractivity contribution in [2.24, 2.45) is 5.92 Å². The van der Waals surface area contributed by atoms with Crippen LogP contribution in [0.5, 0.6) is 5.75 Å². The molecule has 2 rings (SSSR count). The molecule has 1 aliphatic heterocycles. The summed E-state index contributed by atoms with van der Waals surface area (Å²) in [6, 6.07) is 7.76. The number of ether oxygens (including phenoxy) is 1. The van der Waals surface area contributed by atoms with Crippen molar-refractivity contribution in [2.75, 3.05) is 19.4 Å². The summed E-state index contributed by atoms with van der Waals surface area (Å²) in [7, 11) is 1.64. The van der Waals surface area contributed by atoms with E-state index in [1.807, 2.05) is 29.2 Å². The van der Waals surface area contributed by atoms with E-state index in [2.05, 4.69) is 0 Å². The van der Waals surface area contributed by atoms with Crippen molar-refractivity contribution >= 4 is 22.8 Å². The van der Waals surface area contributed by atoms with Crippen molar-refractivity contribution in [3.05, 3.63) is 29.8 Å². The van der Waals surface area contributed by atoms with Crippen molar-refractivity contribution in [2.45, 2.75) is 19.9 Å². The molecular formula is C15H19NO3S. The van der Waals surface area contributed by atoms with E-state index in [9.17, 15) is 9.59 Å². The summed E-state index contributed by atoms with van der Waals surface area (Å²) in [5, 5.41) is 0.117. The Balaban J connectivity index is 1.89. The maximum absolute atomic E-state index is 12.0. The molecule has 0 aromatic heterocycles. The highest BCUT2D eigenvalue weighted by Gasteiger charge is 2.29. The molecular weight excluding hydrogens is 274 g/mol. The fraction of sp³-hybridized carbons (Fsp3) is 0.467. The zero-order valence-corrected chi connectivity index (χ0v) is 12.6. The summed E-state index contributed by atoms with van der Waals surface area (Å²) in [5.41, 5.74) is 1.10. The number of rotatable bonds is 5. The standard InChI is InChI=1S/C15H19NO3S/c1-11(17)20-10-13-7-15(18)16(9-13)8-12-3-5-14(19-2)6-4-12/h3-6,13H,7-10H2,1-2H3. The summed E-state index contributed by atoms with van der Waals surface area (Å²) in [6.45, 7) is 2.94. The highest BCUT2D eigenvalue weighted by Crippen LogP contribution is 2.24. The smallest absolute Gasteiger partial charge is 0.223 e. The van der Waals surface area contributed by atoms with Crippen molar-refractivity contribution in [1.82, 2.24) is 4.90 Å². The lowest BCUT2D eigenvalue weighted by molar-refractivity contribution is -0.128. The molecule has 1 fully saturated rings. The number of benzene rings is 1. The van der Waals surface area contributed by atoms with Crippen LogP contribution in [0.2, 0.25) is 0 Å². The van der Waals surface area contributed by atoms with Crippen LogP contribution < -0.4 is 4.74 Å². The van der Waals surface area contributed by atoms with E-state index in [4.69, 9.17) is 4.74 Å². The minimum Gasteiger partial charge on any atom is -0.497 e. The molecule has 1 saturated heterocycles. The van der Waals surface area contributed by atoms with Gasteiger partial charge in [-0.25, -0.2) is 0 Å². The maximum atomic E-state index is 12.0. The summed E-state index contributed by atoms with van der Waals surface area (Å²) < 4.78 is 5.12. The Morgan fingerprint density at radius 1 is 1.40 bits per heavy atom. The lowest BCUT2D eigenvalue weighted by Crippen LogP contribution is -2.24. The summed E-state index contributed by atoms with van der Waals surface area (Å²) in [4.78, 5) is 24.8. The van der Waals surface area contributed by atoms with E-state index in [1.54, 1.807) is 14.0 Å². The number of carbonyl (C=O) groups is 2. The lowest BCUT2D eigenvalue weighted by atomic mass is 10.1. The zero-order valence-electron chi connectivity index (χ0n) is 11.8. The topological polar surface area (TPSA) is 46.6 Å². The van der Waals surface area contributed by atoms with E-state index in [0.717, 1.165) is 23.6 Å². The van der Waals surface area contributed by atoms with Gasteiger partial charge in [0.25, 0.3) is 0 Å². The Bertz CT molecular complexity index is 486. The lowest BCUT2D eigenvalue weighted by Gasteiger charge is -2.16. The number of carbonyl (C=O) groups excluding carboxylic acids is 2. The van der Waals surface area contributed by atoms with Gasteiger partial charge in [-0.15, -0.1) is 0 Å². The van der Waals surface area contributed by atoms with Gasteiger partial charge >= 0.3 is 0 Å². The van der Waals surface area contributed by atoms with Gasteiger partial charge in [-0.3, -0.25) is 9.59 Å². The molecule has 4 nitrogen and oxygen atoms in total. The van der Waals surface area contributed by atoms with Crippen LogP contribution in [0.25, 0.3) is 0 Å². The second-order valence-corrected chi connectivity index (χ2v) is 6.19. The zero-order chi connectivity index (χ0) is 14.5. The van der Waals surface area contributed by atoms with E-state index < -0.39 is 0 Å². The molecule has 0 spiro atoms. The molecule has 1 aromatic rings. The summed E-state index contributed by atoms with van der Waals surface area (Å²) in [6.07, 6.45) is 0.552. The number of methoxy groups -OCH3 is 1. The van der Waals surface area contributed by atoms with Crippen LogP contribution in [0, 0.1) is 5.92 Å². The Morgan fingerprint density at radius 3 is 2.70 bits per heavy atom. The molecule has 0 radical (unpaired) electrons. The van der Waals surface area contributed by atoms with E-state index in [1.165, 1.54) is 11.8 Å². The molecule has 1 amide bonds. The van der Waals surface area contributed by atoms with Gasteiger partial charge in [0.15, 0.2) is 5.12 Å². The van der Waals surface area contributed by atoms with Crippen molar-refractivity contribution in [3.8, 4) is 5.75 Å². The van der Waals surface area contributed by atoms with Gasteiger partial charge in [0.05, 0.1) is 7.11 Å². The molecule has 0 bridgehead atoms. The number of nitrogens with zero attached hydrogens (tertiary/aromatic N) is 1. The Hall–Kier alpha value is -1.49. The van der Waals surface area contributed by atoms with Crippen molar-refractivity contribution < 1.29 is 14.3 Å². The molecule has 1 heterocycles. The molecule has 108 valence electrons. The quantitative estimate of drug-likeness (QED) is 0.836. The first-order chi connectivity index (χ1) is 9.58. The molecule has 1 unspecified atom stereocenters. The fourth-order valence-electron chi connectivity index (χ4n) is 2.30. The minimum atomic E-state index is 0.117. The van der Waals surface area contributed by atoms with E-state index in [-0.39, 0.29) is 16.9 Å². The van der Waals surface area contributed by atoms with Crippen LogP contribution >= 0.6 is 11.8 Å². The predicted octanol–water partition coefficient (Wildman–Crippen LogP) is 2.32. The Morgan fingerprint density at radius 2 is 2.10 bits per heavy atom. The van der Waals surface area contributed by atoms with Gasteiger partial charge in [-0.2, -0.15) is 0 Å². The second kappa shape index (κ2) is 6.79. The average Bonchev–Trinajstić information content (AvgIpc) is 2.78. The van der Waals surface area contributed by atoms with Crippen LogP contribution in [0.4, 0.5) is 0 Å². The molecule has 0 aliphatic carbocycles. The van der Waals surface area contributed by atoms with Gasteiger partial charge in [0.1, 0.15) is 5.75 Å². The summed E-state index contributed by atoms with van der Waals surface area (Å²) in [5.74, 6) is 2.02. The fourth-order valence-corrected chi connectivity index (χ4v) is 3.00. The molecule has 1 atom stereocenters. The Kier molecular flexibility index (Phi) is 5.06. The number of hydrogen-bond donors (Lipinski definition) is 0. The molecule has 1 aliphatic rings. The van der Waals surface area contributed by atoms with Crippen LogP contribution in [0.15, 0.2) is 24.3 Å². The number of thioether (sulfide) groups is 1. The minimum absolute atomic E-state index is 0.117. The van der Waals surface area contributed by atoms with Crippen molar-refractivity contribution in [1.29, 1.82) is 0 Å². The van der Waals surface area contributed by atoms with E-state index >= 15 is 0 Å². The molecule has 5 heteroatoms. The molecule has 0 saturated carbocycles. The highest BCUT2D eigenvalue weighted by molar-refractivity contribution is 8.13. The first-order valence-electron chi connectivity index (χ1n) is 6.62. The predicted molar refractivity (Wildman–Crippen MR) is 79.7 cm³/mol. The van der Waals surface area contributed by atoms with Gasteiger partial charge < -0.3 is 9.64 Å². The highest BCUT2D eigenvalue weighted by atomic mass is 32.2. The van der Waals surface area contributed by atoms with Gasteiger partial charge in [0.2, 0.25) is 5.91 Å². The van der Waals surface area contributed by atoms with Crippen molar-refractivity contribution in [3.63, 3.8) is 0 Å². The molecule has 1 aromatic carbocycles. The number of likely N-dealkylation sites (tertiary alicyclic amines) is 1. The van der Waals surface area contributed by atoms with Crippen LogP contribution in [0.1, 0.15) is 18.9 Å². The maximum Gasteiger partial charge on any atom is 0.223 e. The monoisotopic (exact) mass is 293 g/mol. The first-order valence-corrected chi connectivity index (χ1v) is 7.61. The third kappa shape index (κ3) is 4.00. The number of amides is 1. The normalized spacial score (nSPS) is 18.4. The van der Waals surface area contributed by atoms with E-state index in [0.29, 0.717) is 13.0 Å². The third-order valence-electron chi connectivity index (χ3n) is 3.35. The van der Waals surface area contributed by atoms with Gasteiger partial charge in [0, 0.05) is 32.2 Å². The van der Waals surface area contributed by atoms with Crippen LogP contribution in [0.3, 0.4) is 0 Å². The number of hydrogen-bond acceptors (Lipinski definition) is 4. The van der Waals surface area contributed by atoms with Crippen LogP contribution in [-0.4, -0.2) is 35.3 Å². The Labute approximate surface area is 123 Å². The largest absolute Gasteiger partial charge is 0.497 e. The third-order valence-corrected chi connectivity index (χ3v) is 4.39.